The number of nitrogens with zero attached hydrogens (tertiary/aromatic N) is 4. The van der Waals surface area contributed by atoms with Crippen molar-refractivity contribution in [2.24, 2.45) is 0 Å². The van der Waals surface area contributed by atoms with Crippen molar-refractivity contribution in [3.63, 3.8) is 0 Å². The topological polar surface area (TPSA) is 85.9 Å². The smallest absolute Gasteiger partial charge is 0.177 e. The first-order chi connectivity index (χ1) is 9.05. The van der Waals surface area contributed by atoms with Gasteiger partial charge in [-0.2, -0.15) is 10.5 Å². The van der Waals surface area contributed by atoms with Crippen molar-refractivity contribution in [3.8, 4) is 12.1 Å². The lowest BCUT2D eigenvalue weighted by Gasteiger charge is -2.12. The largest absolute Gasteiger partial charge is 0.361 e. The first-order valence-corrected chi connectivity index (χ1v) is 6.15. The predicted octanol–water partition coefficient (Wildman–Crippen LogP) is 1.52. The maximum absolute atomic E-state index is 9.05. The summed E-state index contributed by atoms with van der Waals surface area (Å²) in [5.74, 6) is 0.102. The van der Waals surface area contributed by atoms with Crippen LogP contribution in [-0.2, 0) is 4.74 Å². The first-order valence-electron chi connectivity index (χ1n) is 6.15. The van der Waals surface area contributed by atoms with Crippen molar-refractivity contribution in [1.82, 2.24) is 9.97 Å². The van der Waals surface area contributed by atoms with E-state index >= 15 is 0 Å². The van der Waals surface area contributed by atoms with Crippen molar-refractivity contribution >= 4 is 0 Å². The van der Waals surface area contributed by atoms with Crippen LogP contribution in [0.1, 0.15) is 48.5 Å². The van der Waals surface area contributed by atoms with E-state index < -0.39 is 0 Å². The standard InChI is InChI=1S/C14H10N4O/c1-13(2)14(19-13)7-3-4-8(14)12-11(7)17-9(5-15)10(6-16)18-12/h3-4,7-8H,1-2H3/t7-,8+,14?. The van der Waals surface area contributed by atoms with Gasteiger partial charge in [-0.3, -0.25) is 0 Å². The third-order valence-electron chi connectivity index (χ3n) is 4.50. The molecule has 1 aromatic heterocycles. The number of ether oxygens (including phenoxy) is 1. The Morgan fingerprint density at radius 2 is 1.47 bits per heavy atom. The second-order valence-corrected chi connectivity index (χ2v) is 5.66. The maximum Gasteiger partial charge on any atom is 0.177 e. The van der Waals surface area contributed by atoms with E-state index in [0.29, 0.717) is 0 Å². The summed E-state index contributed by atoms with van der Waals surface area (Å²) >= 11 is 0. The third kappa shape index (κ3) is 0.960. The molecule has 4 rings (SSSR count). The predicted molar refractivity (Wildman–Crippen MR) is 64.0 cm³/mol. The minimum Gasteiger partial charge on any atom is -0.361 e. The Hall–Kier alpha value is -2.24. The van der Waals surface area contributed by atoms with Crippen molar-refractivity contribution < 1.29 is 4.74 Å². The van der Waals surface area contributed by atoms with Crippen LogP contribution in [0.25, 0.3) is 0 Å². The molecule has 2 heterocycles. The van der Waals surface area contributed by atoms with E-state index in [1.54, 1.807) is 0 Å². The summed E-state index contributed by atoms with van der Waals surface area (Å²) in [7, 11) is 0. The highest BCUT2D eigenvalue weighted by atomic mass is 16.6. The van der Waals surface area contributed by atoms with E-state index in [-0.39, 0.29) is 34.4 Å². The van der Waals surface area contributed by atoms with Gasteiger partial charge in [-0.1, -0.05) is 12.2 Å². The second-order valence-electron chi connectivity index (χ2n) is 5.66. The van der Waals surface area contributed by atoms with Crippen LogP contribution in [0.2, 0.25) is 0 Å². The number of fused-ring (bicyclic) bond motifs is 3. The summed E-state index contributed by atoms with van der Waals surface area (Å²) in [6.07, 6.45) is 4.17. The quantitative estimate of drug-likeness (QED) is 0.514. The molecule has 1 spiro atoms. The van der Waals surface area contributed by atoms with E-state index in [1.807, 2.05) is 12.1 Å². The van der Waals surface area contributed by atoms with Crippen molar-refractivity contribution in [3.05, 3.63) is 34.9 Å². The van der Waals surface area contributed by atoms with E-state index in [2.05, 4.69) is 36.0 Å². The van der Waals surface area contributed by atoms with Gasteiger partial charge in [0.25, 0.3) is 0 Å². The maximum atomic E-state index is 9.05. The van der Waals surface area contributed by atoms with E-state index in [4.69, 9.17) is 15.3 Å². The third-order valence-corrected chi connectivity index (χ3v) is 4.50. The Morgan fingerprint density at radius 3 is 1.79 bits per heavy atom. The fraction of sp³-hybridized carbons (Fsp3) is 0.429. The molecule has 1 fully saturated rings. The van der Waals surface area contributed by atoms with E-state index in [9.17, 15) is 0 Å². The average Bonchev–Trinajstić information content (AvgIpc) is 2.70. The van der Waals surface area contributed by atoms with Gasteiger partial charge < -0.3 is 4.74 Å². The van der Waals surface area contributed by atoms with Crippen LogP contribution in [0.15, 0.2) is 12.2 Å². The molecule has 19 heavy (non-hydrogen) atoms. The SMILES string of the molecule is CC1(C)OC12[C@@H]1C=C[C@H]2c2nc(C#N)c(C#N)nc21. The zero-order valence-corrected chi connectivity index (χ0v) is 10.5. The van der Waals surface area contributed by atoms with Crippen LogP contribution in [0.3, 0.4) is 0 Å². The van der Waals surface area contributed by atoms with Crippen molar-refractivity contribution in [2.45, 2.75) is 36.9 Å². The number of aromatic nitrogens is 2. The summed E-state index contributed by atoms with van der Waals surface area (Å²) in [6, 6.07) is 3.89. The molecule has 5 nitrogen and oxygen atoms in total. The zero-order chi connectivity index (χ0) is 13.4. The molecular formula is C14H10N4O. The highest BCUT2D eigenvalue weighted by molar-refractivity contribution is 5.55. The van der Waals surface area contributed by atoms with E-state index in [1.165, 1.54) is 0 Å². The number of epoxide rings is 1. The van der Waals surface area contributed by atoms with Gasteiger partial charge in [0, 0.05) is 0 Å². The van der Waals surface area contributed by atoms with Gasteiger partial charge in [-0.25, -0.2) is 9.97 Å². The van der Waals surface area contributed by atoms with Gasteiger partial charge in [0.2, 0.25) is 0 Å². The summed E-state index contributed by atoms with van der Waals surface area (Å²) in [4.78, 5) is 8.70. The number of hydrogen-bond donors (Lipinski definition) is 0. The molecule has 3 atom stereocenters. The molecule has 0 aromatic carbocycles. The number of nitriles is 2. The lowest BCUT2D eigenvalue weighted by Crippen LogP contribution is -2.24. The molecular weight excluding hydrogens is 240 g/mol. The van der Waals surface area contributed by atoms with Crippen molar-refractivity contribution in [2.75, 3.05) is 0 Å². The fourth-order valence-electron chi connectivity index (χ4n) is 3.64. The zero-order valence-electron chi connectivity index (χ0n) is 10.5. The Kier molecular flexibility index (Phi) is 1.59. The molecule has 0 amide bonds. The molecule has 0 N–H and O–H groups in total. The molecule has 3 aliphatic rings. The lowest BCUT2D eigenvalue weighted by molar-refractivity contribution is 0.265. The van der Waals surface area contributed by atoms with Crippen LogP contribution in [-0.4, -0.2) is 21.2 Å². The molecule has 5 heteroatoms. The lowest BCUT2D eigenvalue weighted by atomic mass is 9.84. The summed E-state index contributed by atoms with van der Waals surface area (Å²) < 4.78 is 5.96. The molecule has 0 radical (unpaired) electrons. The second kappa shape index (κ2) is 2.84. The van der Waals surface area contributed by atoms with Gasteiger partial charge in [0.1, 0.15) is 17.7 Å². The van der Waals surface area contributed by atoms with Gasteiger partial charge in [-0.15, -0.1) is 0 Å². The Morgan fingerprint density at radius 1 is 1.05 bits per heavy atom. The minimum atomic E-state index is -0.295. The molecule has 1 aliphatic heterocycles. The van der Waals surface area contributed by atoms with Gasteiger partial charge in [-0.05, 0) is 13.8 Å². The fourth-order valence-corrected chi connectivity index (χ4v) is 3.64. The number of hydrogen-bond acceptors (Lipinski definition) is 5. The first kappa shape index (κ1) is 10.7. The van der Waals surface area contributed by atoms with Crippen LogP contribution in [0, 0.1) is 22.7 Å². The molecule has 0 saturated carbocycles. The van der Waals surface area contributed by atoms with Crippen molar-refractivity contribution in [1.29, 1.82) is 10.5 Å². The molecule has 2 bridgehead atoms. The summed E-state index contributed by atoms with van der Waals surface area (Å²) in [5.41, 5.74) is 1.30. The molecule has 1 saturated heterocycles. The highest BCUT2D eigenvalue weighted by Crippen LogP contribution is 2.70. The summed E-state index contributed by atoms with van der Waals surface area (Å²) in [6.45, 7) is 4.12. The normalized spacial score (nSPS) is 34.9. The Labute approximate surface area is 110 Å². The Bertz CT molecular complexity index is 684. The monoisotopic (exact) mass is 250 g/mol. The van der Waals surface area contributed by atoms with Crippen LogP contribution < -0.4 is 0 Å². The highest BCUT2D eigenvalue weighted by Gasteiger charge is 2.76. The average molecular weight is 250 g/mol. The van der Waals surface area contributed by atoms with E-state index in [0.717, 1.165) is 11.4 Å². The Balaban J connectivity index is 1.95. The van der Waals surface area contributed by atoms with Gasteiger partial charge in [0.05, 0.1) is 28.8 Å². The van der Waals surface area contributed by atoms with Crippen LogP contribution >= 0.6 is 0 Å². The minimum absolute atomic E-state index is 0.0508. The molecule has 1 aromatic rings. The van der Waals surface area contributed by atoms with Crippen LogP contribution in [0.5, 0.6) is 0 Å². The molecule has 1 unspecified atom stereocenters. The van der Waals surface area contributed by atoms with Crippen LogP contribution in [0.4, 0.5) is 0 Å². The van der Waals surface area contributed by atoms with Gasteiger partial charge >= 0.3 is 0 Å². The van der Waals surface area contributed by atoms with Gasteiger partial charge in [0.15, 0.2) is 11.4 Å². The number of rotatable bonds is 0. The summed E-state index contributed by atoms with van der Waals surface area (Å²) in [5, 5.41) is 18.1. The molecule has 2 aliphatic carbocycles. The molecule has 92 valence electrons.